The Kier molecular flexibility index (Phi) is 3.81. The summed E-state index contributed by atoms with van der Waals surface area (Å²) in [5, 5.41) is 7.37. The lowest BCUT2D eigenvalue weighted by Crippen LogP contribution is -2.10. The van der Waals surface area contributed by atoms with Crippen molar-refractivity contribution in [3.63, 3.8) is 0 Å². The number of benzene rings is 1. The monoisotopic (exact) mass is 307 g/mol. The summed E-state index contributed by atoms with van der Waals surface area (Å²) in [4.78, 5) is 6.18. The van der Waals surface area contributed by atoms with Gasteiger partial charge >= 0.3 is 0 Å². The van der Waals surface area contributed by atoms with Crippen LogP contribution in [-0.4, -0.2) is 10.8 Å². The van der Waals surface area contributed by atoms with E-state index in [1.807, 2.05) is 30.3 Å². The lowest BCUT2D eigenvalue weighted by molar-refractivity contribution is 1.26. The van der Waals surface area contributed by atoms with E-state index in [9.17, 15) is 0 Å². The Morgan fingerprint density at radius 3 is 2.53 bits per heavy atom. The predicted molar refractivity (Wildman–Crippen MR) is 73.5 cm³/mol. The van der Waals surface area contributed by atoms with E-state index in [0.29, 0.717) is 0 Å². The summed E-state index contributed by atoms with van der Waals surface area (Å²) in [6.07, 6.45) is 3.53. The van der Waals surface area contributed by atoms with Crippen molar-refractivity contribution in [1.82, 2.24) is 4.98 Å². The van der Waals surface area contributed by atoms with Crippen LogP contribution in [0.25, 0.3) is 0 Å². The van der Waals surface area contributed by atoms with E-state index < -0.39 is 0 Å². The highest BCUT2D eigenvalue weighted by atomic mass is 79.9. The SMILES string of the molecule is N=C(N)c1ccc(Sc2ccncc2)c(Br)c1. The van der Waals surface area contributed by atoms with Crippen LogP contribution in [0.4, 0.5) is 0 Å². The second kappa shape index (κ2) is 5.33. The Balaban J connectivity index is 2.26. The fourth-order valence-corrected chi connectivity index (χ4v) is 2.71. The Hall–Kier alpha value is -1.33. The molecule has 0 atom stereocenters. The standard InChI is InChI=1S/C12H10BrN3S/c13-10-7-8(12(14)15)1-2-11(10)17-9-3-5-16-6-4-9/h1-7H,(H3,14,15). The van der Waals surface area contributed by atoms with Crippen LogP contribution < -0.4 is 5.73 Å². The normalized spacial score (nSPS) is 10.2. The summed E-state index contributed by atoms with van der Waals surface area (Å²) in [6, 6.07) is 9.56. The zero-order valence-corrected chi connectivity index (χ0v) is 11.3. The molecular formula is C12H10BrN3S. The Labute approximate surface area is 112 Å². The third kappa shape index (κ3) is 3.08. The van der Waals surface area contributed by atoms with E-state index in [4.69, 9.17) is 11.1 Å². The quantitative estimate of drug-likeness (QED) is 0.675. The number of nitrogens with zero attached hydrogens (tertiary/aromatic N) is 1. The van der Waals surface area contributed by atoms with Crippen LogP contribution in [0, 0.1) is 5.41 Å². The lowest BCUT2D eigenvalue weighted by Gasteiger charge is -2.06. The molecule has 1 heterocycles. The molecular weight excluding hydrogens is 298 g/mol. The van der Waals surface area contributed by atoms with Crippen LogP contribution in [0.5, 0.6) is 0 Å². The number of hydrogen-bond acceptors (Lipinski definition) is 3. The van der Waals surface area contributed by atoms with Crippen LogP contribution in [-0.2, 0) is 0 Å². The molecule has 5 heteroatoms. The van der Waals surface area contributed by atoms with Gasteiger partial charge in [-0.1, -0.05) is 17.8 Å². The molecule has 0 saturated heterocycles. The van der Waals surface area contributed by atoms with Gasteiger partial charge in [0.05, 0.1) is 0 Å². The maximum atomic E-state index is 7.37. The van der Waals surface area contributed by atoms with Crippen LogP contribution in [0.15, 0.2) is 57.0 Å². The number of nitrogens with two attached hydrogens (primary N) is 1. The fourth-order valence-electron chi connectivity index (χ4n) is 1.28. The minimum atomic E-state index is 0.0751. The molecule has 0 fully saturated rings. The van der Waals surface area contributed by atoms with Crippen molar-refractivity contribution >= 4 is 33.5 Å². The van der Waals surface area contributed by atoms with Gasteiger partial charge in [-0.3, -0.25) is 10.4 Å². The van der Waals surface area contributed by atoms with Gasteiger partial charge in [-0.15, -0.1) is 0 Å². The van der Waals surface area contributed by atoms with Crippen molar-refractivity contribution in [3.05, 3.63) is 52.8 Å². The molecule has 17 heavy (non-hydrogen) atoms. The molecule has 0 bridgehead atoms. The molecule has 1 aromatic heterocycles. The number of amidine groups is 1. The van der Waals surface area contributed by atoms with E-state index in [2.05, 4.69) is 20.9 Å². The second-order valence-corrected chi connectivity index (χ2v) is 5.31. The van der Waals surface area contributed by atoms with Gasteiger partial charge in [0, 0.05) is 32.2 Å². The molecule has 1 aromatic carbocycles. The predicted octanol–water partition coefficient (Wildman–Crippen LogP) is 3.28. The van der Waals surface area contributed by atoms with Gasteiger partial charge in [0.15, 0.2) is 0 Å². The minimum Gasteiger partial charge on any atom is -0.384 e. The van der Waals surface area contributed by atoms with E-state index in [0.717, 1.165) is 19.8 Å². The number of rotatable bonds is 3. The Morgan fingerprint density at radius 2 is 1.94 bits per heavy atom. The molecule has 86 valence electrons. The molecule has 2 aromatic rings. The van der Waals surface area contributed by atoms with Gasteiger partial charge < -0.3 is 5.73 Å². The Morgan fingerprint density at radius 1 is 1.24 bits per heavy atom. The number of aromatic nitrogens is 1. The van der Waals surface area contributed by atoms with E-state index in [1.54, 1.807) is 24.2 Å². The van der Waals surface area contributed by atoms with Gasteiger partial charge in [0.25, 0.3) is 0 Å². The summed E-state index contributed by atoms with van der Waals surface area (Å²) in [5.41, 5.74) is 6.15. The van der Waals surface area contributed by atoms with E-state index in [1.165, 1.54) is 0 Å². The van der Waals surface area contributed by atoms with Crippen molar-refractivity contribution in [2.75, 3.05) is 0 Å². The third-order valence-electron chi connectivity index (χ3n) is 2.12. The number of pyridine rings is 1. The van der Waals surface area contributed by atoms with Crippen molar-refractivity contribution in [3.8, 4) is 0 Å². The van der Waals surface area contributed by atoms with Crippen LogP contribution >= 0.6 is 27.7 Å². The van der Waals surface area contributed by atoms with Crippen LogP contribution in [0.2, 0.25) is 0 Å². The molecule has 0 radical (unpaired) electrons. The molecule has 0 aliphatic heterocycles. The summed E-state index contributed by atoms with van der Waals surface area (Å²) < 4.78 is 0.937. The first-order valence-electron chi connectivity index (χ1n) is 4.88. The highest BCUT2D eigenvalue weighted by molar-refractivity contribution is 9.10. The van der Waals surface area contributed by atoms with Gasteiger partial charge in [-0.2, -0.15) is 0 Å². The van der Waals surface area contributed by atoms with E-state index >= 15 is 0 Å². The molecule has 0 aliphatic carbocycles. The first-order chi connectivity index (χ1) is 8.16. The topological polar surface area (TPSA) is 62.8 Å². The third-order valence-corrected chi connectivity index (χ3v) is 4.12. The van der Waals surface area contributed by atoms with Crippen molar-refractivity contribution in [2.45, 2.75) is 9.79 Å². The maximum Gasteiger partial charge on any atom is 0.122 e. The molecule has 0 saturated carbocycles. The first-order valence-corrected chi connectivity index (χ1v) is 6.49. The number of hydrogen-bond donors (Lipinski definition) is 2. The van der Waals surface area contributed by atoms with Gasteiger partial charge in [-0.25, -0.2) is 0 Å². The number of halogens is 1. The number of nitrogen functional groups attached to an aromatic ring is 1. The minimum absolute atomic E-state index is 0.0751. The van der Waals surface area contributed by atoms with Crippen LogP contribution in [0.3, 0.4) is 0 Å². The molecule has 0 aliphatic rings. The van der Waals surface area contributed by atoms with Gasteiger partial charge in [-0.05, 0) is 40.2 Å². The molecule has 3 N–H and O–H groups in total. The highest BCUT2D eigenvalue weighted by Crippen LogP contribution is 2.33. The Bertz CT molecular complexity index is 543. The van der Waals surface area contributed by atoms with Crippen molar-refractivity contribution in [1.29, 1.82) is 5.41 Å². The fraction of sp³-hybridized carbons (Fsp3) is 0. The number of nitrogens with one attached hydrogen (secondary N) is 1. The first kappa shape index (κ1) is 12.1. The summed E-state index contributed by atoms with van der Waals surface area (Å²) >= 11 is 5.12. The zero-order chi connectivity index (χ0) is 12.3. The molecule has 3 nitrogen and oxygen atoms in total. The van der Waals surface area contributed by atoms with E-state index in [-0.39, 0.29) is 5.84 Å². The average Bonchev–Trinajstić information content (AvgIpc) is 2.33. The molecule has 0 unspecified atom stereocenters. The molecule has 0 spiro atoms. The summed E-state index contributed by atoms with van der Waals surface area (Å²) in [7, 11) is 0. The largest absolute Gasteiger partial charge is 0.384 e. The smallest absolute Gasteiger partial charge is 0.122 e. The zero-order valence-electron chi connectivity index (χ0n) is 8.85. The summed E-state index contributed by atoms with van der Waals surface area (Å²) in [5.74, 6) is 0.0751. The maximum absolute atomic E-state index is 7.37. The lowest BCUT2D eigenvalue weighted by atomic mass is 10.2. The van der Waals surface area contributed by atoms with Crippen molar-refractivity contribution in [2.24, 2.45) is 5.73 Å². The van der Waals surface area contributed by atoms with Crippen LogP contribution in [0.1, 0.15) is 5.56 Å². The van der Waals surface area contributed by atoms with Gasteiger partial charge in [0.1, 0.15) is 5.84 Å². The molecule has 2 rings (SSSR count). The average molecular weight is 308 g/mol. The highest BCUT2D eigenvalue weighted by Gasteiger charge is 2.05. The molecule has 0 amide bonds. The second-order valence-electron chi connectivity index (χ2n) is 3.34. The van der Waals surface area contributed by atoms with Gasteiger partial charge in [0.2, 0.25) is 0 Å². The van der Waals surface area contributed by atoms with Crippen molar-refractivity contribution < 1.29 is 0 Å². The summed E-state index contributed by atoms with van der Waals surface area (Å²) in [6.45, 7) is 0.